The van der Waals surface area contributed by atoms with E-state index in [2.05, 4.69) is 0 Å². The fourth-order valence-electron chi connectivity index (χ4n) is 4.47. The number of thioether (sulfide) groups is 1. The molecule has 2 unspecified atom stereocenters. The fourth-order valence-corrected chi connectivity index (χ4v) is 6.17. The van der Waals surface area contributed by atoms with Crippen molar-refractivity contribution in [1.29, 1.82) is 0 Å². The van der Waals surface area contributed by atoms with Crippen molar-refractivity contribution in [3.63, 3.8) is 0 Å². The monoisotopic (exact) mass is 436 g/mol. The van der Waals surface area contributed by atoms with Gasteiger partial charge in [-0.3, -0.25) is 9.69 Å². The van der Waals surface area contributed by atoms with Crippen LogP contribution in [0.15, 0.2) is 121 Å². The van der Waals surface area contributed by atoms with E-state index < -0.39 is 9.93 Å². The maximum absolute atomic E-state index is 14.4. The molecule has 0 saturated carbocycles. The Labute approximate surface area is 191 Å². The zero-order valence-electron chi connectivity index (χ0n) is 17.2. The molecule has 2 aliphatic rings. The standard InChI is InChI=1S/C27H20N2O2S/c30-25-26(21-13-5-1-6-14-21)29(24-19-11-4-12-20-24)31-27(32-26,22-15-7-2-8-16-22)28(25)23-17-9-3-10-18-23/h1-20H. The summed E-state index contributed by atoms with van der Waals surface area (Å²) in [5.41, 5.74) is 3.44. The highest BCUT2D eigenvalue weighted by Crippen LogP contribution is 2.68. The van der Waals surface area contributed by atoms with Gasteiger partial charge in [-0.15, -0.1) is 0 Å². The number of anilines is 2. The molecule has 0 aromatic heterocycles. The number of rotatable bonds is 4. The molecule has 4 nitrogen and oxygen atoms in total. The summed E-state index contributed by atoms with van der Waals surface area (Å²) in [6.07, 6.45) is 0. The van der Waals surface area contributed by atoms with Gasteiger partial charge in [-0.2, -0.15) is 0 Å². The van der Waals surface area contributed by atoms with Crippen LogP contribution in [-0.2, 0) is 19.6 Å². The number of carbonyl (C=O) groups excluding carboxylic acids is 1. The highest BCUT2D eigenvalue weighted by atomic mass is 32.2. The number of amides is 1. The molecule has 1 amide bonds. The molecule has 2 fully saturated rings. The van der Waals surface area contributed by atoms with Crippen molar-refractivity contribution >= 4 is 29.0 Å². The van der Waals surface area contributed by atoms with Gasteiger partial charge in [0, 0.05) is 11.3 Å². The molecular weight excluding hydrogens is 416 g/mol. The summed E-state index contributed by atoms with van der Waals surface area (Å²) >= 11 is 1.53. The van der Waals surface area contributed by atoms with E-state index in [4.69, 9.17) is 4.84 Å². The third-order valence-electron chi connectivity index (χ3n) is 5.88. The van der Waals surface area contributed by atoms with E-state index in [0.29, 0.717) is 0 Å². The molecule has 0 spiro atoms. The molecule has 2 atom stereocenters. The maximum atomic E-state index is 14.4. The van der Waals surface area contributed by atoms with Gasteiger partial charge in [0.1, 0.15) is 0 Å². The molecule has 0 radical (unpaired) electrons. The highest BCUT2D eigenvalue weighted by Gasteiger charge is 2.73. The summed E-state index contributed by atoms with van der Waals surface area (Å²) in [5.74, 6) is -0.0288. The van der Waals surface area contributed by atoms with Crippen molar-refractivity contribution in [1.82, 2.24) is 0 Å². The Bertz CT molecular complexity index is 1250. The molecule has 156 valence electrons. The first-order valence-corrected chi connectivity index (χ1v) is 11.3. The van der Waals surface area contributed by atoms with Crippen LogP contribution in [0.2, 0.25) is 0 Å². The van der Waals surface area contributed by atoms with Crippen molar-refractivity contribution in [2.45, 2.75) is 9.93 Å². The third kappa shape index (κ3) is 2.58. The van der Waals surface area contributed by atoms with Gasteiger partial charge in [-0.1, -0.05) is 109 Å². The van der Waals surface area contributed by atoms with Gasteiger partial charge >= 0.3 is 0 Å². The lowest BCUT2D eigenvalue weighted by molar-refractivity contribution is -0.133. The van der Waals surface area contributed by atoms with Gasteiger partial charge in [0.25, 0.3) is 11.0 Å². The lowest BCUT2D eigenvalue weighted by Gasteiger charge is -2.43. The second-order valence-corrected chi connectivity index (χ2v) is 9.11. The summed E-state index contributed by atoms with van der Waals surface area (Å²) in [7, 11) is 0. The van der Waals surface area contributed by atoms with Crippen molar-refractivity contribution in [2.75, 3.05) is 9.96 Å². The summed E-state index contributed by atoms with van der Waals surface area (Å²) < 4.78 is 0. The summed E-state index contributed by atoms with van der Waals surface area (Å²) in [5, 5.41) is 0.757. The second kappa shape index (κ2) is 7.26. The number of hydroxylamine groups is 1. The second-order valence-electron chi connectivity index (χ2n) is 7.76. The Morgan fingerprint density at radius 2 is 1.06 bits per heavy atom. The summed E-state index contributed by atoms with van der Waals surface area (Å²) in [6.45, 7) is 0. The third-order valence-corrected chi connectivity index (χ3v) is 7.52. The molecule has 2 heterocycles. The Morgan fingerprint density at radius 1 is 0.594 bits per heavy atom. The van der Waals surface area contributed by atoms with Crippen LogP contribution < -0.4 is 9.96 Å². The number of nitrogens with zero attached hydrogens (tertiary/aromatic N) is 2. The smallest absolute Gasteiger partial charge is 0.270 e. The Kier molecular flexibility index (Phi) is 4.35. The van der Waals surface area contributed by atoms with Crippen LogP contribution in [-0.4, -0.2) is 5.91 Å². The number of fused-ring (bicyclic) bond motifs is 2. The first-order chi connectivity index (χ1) is 15.8. The van der Waals surface area contributed by atoms with E-state index in [1.807, 2.05) is 121 Å². The number of hydrogen-bond acceptors (Lipinski definition) is 4. The Hall–Kier alpha value is -3.54. The first kappa shape index (κ1) is 19.2. The van der Waals surface area contributed by atoms with Crippen molar-refractivity contribution in [3.05, 3.63) is 132 Å². The molecule has 2 bridgehead atoms. The Balaban J connectivity index is 1.63. The number of para-hydroxylation sites is 2. The summed E-state index contributed by atoms with van der Waals surface area (Å²) in [6, 6.07) is 39.5. The van der Waals surface area contributed by atoms with Crippen molar-refractivity contribution in [2.24, 2.45) is 0 Å². The van der Waals surface area contributed by atoms with Crippen molar-refractivity contribution < 1.29 is 9.63 Å². The molecule has 32 heavy (non-hydrogen) atoms. The van der Waals surface area contributed by atoms with Gasteiger partial charge < -0.3 is 0 Å². The zero-order valence-corrected chi connectivity index (χ0v) is 18.0. The molecule has 4 aromatic carbocycles. The van der Waals surface area contributed by atoms with E-state index in [-0.39, 0.29) is 5.91 Å². The van der Waals surface area contributed by atoms with Gasteiger partial charge in [0.15, 0.2) is 0 Å². The molecule has 2 saturated heterocycles. The van der Waals surface area contributed by atoms with E-state index in [0.717, 1.165) is 22.5 Å². The minimum absolute atomic E-state index is 0.0288. The van der Waals surface area contributed by atoms with Crippen LogP contribution in [0.3, 0.4) is 0 Å². The fraction of sp³-hybridized carbons (Fsp3) is 0.0741. The lowest BCUT2D eigenvalue weighted by Crippen LogP contribution is -2.58. The van der Waals surface area contributed by atoms with E-state index in [1.165, 1.54) is 11.8 Å². The predicted octanol–water partition coefficient (Wildman–Crippen LogP) is 5.88. The van der Waals surface area contributed by atoms with Crippen LogP contribution in [0, 0.1) is 0 Å². The maximum Gasteiger partial charge on any atom is 0.274 e. The topological polar surface area (TPSA) is 32.8 Å². The summed E-state index contributed by atoms with van der Waals surface area (Å²) in [4.78, 5) is 22.0. The van der Waals surface area contributed by atoms with E-state index in [9.17, 15) is 4.79 Å². The zero-order chi connectivity index (χ0) is 21.6. The molecule has 0 N–H and O–H groups in total. The molecule has 5 heteroatoms. The van der Waals surface area contributed by atoms with Gasteiger partial charge in [0.05, 0.1) is 5.69 Å². The predicted molar refractivity (Wildman–Crippen MR) is 128 cm³/mol. The molecule has 0 aliphatic carbocycles. The molecule has 2 aliphatic heterocycles. The number of hydrogen-bond donors (Lipinski definition) is 0. The van der Waals surface area contributed by atoms with Gasteiger partial charge in [-0.25, -0.2) is 9.90 Å². The van der Waals surface area contributed by atoms with Gasteiger partial charge in [0.2, 0.25) is 4.87 Å². The number of benzene rings is 4. The average molecular weight is 437 g/mol. The normalized spacial score (nSPS) is 24.2. The largest absolute Gasteiger partial charge is 0.274 e. The van der Waals surface area contributed by atoms with Crippen molar-refractivity contribution in [3.8, 4) is 0 Å². The van der Waals surface area contributed by atoms with Crippen LogP contribution in [0.5, 0.6) is 0 Å². The van der Waals surface area contributed by atoms with Gasteiger partial charge in [-0.05, 0) is 29.8 Å². The average Bonchev–Trinajstić information content (AvgIpc) is 3.37. The highest BCUT2D eigenvalue weighted by molar-refractivity contribution is 8.02. The minimum atomic E-state index is -1.06. The Morgan fingerprint density at radius 3 is 1.62 bits per heavy atom. The SMILES string of the molecule is O=C1N(c2ccccc2)C2(c3ccccc3)ON(c3ccccc3)C1(c1ccccc1)S2. The van der Waals surface area contributed by atoms with Crippen LogP contribution in [0.25, 0.3) is 0 Å². The molecule has 4 aromatic rings. The lowest BCUT2D eigenvalue weighted by atomic mass is 10.0. The minimum Gasteiger partial charge on any atom is -0.270 e. The van der Waals surface area contributed by atoms with Crippen LogP contribution in [0.4, 0.5) is 11.4 Å². The first-order valence-electron chi connectivity index (χ1n) is 10.5. The number of carbonyl (C=O) groups is 1. The van der Waals surface area contributed by atoms with Crippen LogP contribution >= 0.6 is 11.8 Å². The van der Waals surface area contributed by atoms with Crippen LogP contribution in [0.1, 0.15) is 11.1 Å². The van der Waals surface area contributed by atoms with E-state index in [1.54, 1.807) is 9.96 Å². The van der Waals surface area contributed by atoms with E-state index >= 15 is 0 Å². The quantitative estimate of drug-likeness (QED) is 0.400. The molecular formula is C27H20N2O2S. The molecule has 6 rings (SSSR count).